The zero-order chi connectivity index (χ0) is 15.5. The number of amides is 1. The SMILES string of the molecule is O=C(NCCO)c1cc2nc(Cl)cc(N3CCOCC3)n2n1. The standard InChI is InChI=1S/C13H16ClN5O3/c14-10-8-12(18-2-5-22-6-3-18)19-11(16-10)7-9(17-19)13(21)15-1-4-20/h7-8,20H,1-6H2,(H,15,21). The monoisotopic (exact) mass is 325 g/mol. The Kier molecular flexibility index (Phi) is 4.41. The van der Waals surface area contributed by atoms with Gasteiger partial charge in [-0.05, 0) is 0 Å². The van der Waals surface area contributed by atoms with Gasteiger partial charge in [0.2, 0.25) is 0 Å². The minimum Gasteiger partial charge on any atom is -0.395 e. The molecule has 1 aliphatic heterocycles. The van der Waals surface area contributed by atoms with Gasteiger partial charge in [0.05, 0.1) is 19.8 Å². The van der Waals surface area contributed by atoms with E-state index in [9.17, 15) is 4.79 Å². The van der Waals surface area contributed by atoms with Gasteiger partial charge >= 0.3 is 0 Å². The molecule has 0 atom stereocenters. The molecule has 22 heavy (non-hydrogen) atoms. The summed E-state index contributed by atoms with van der Waals surface area (Å²) in [6.45, 7) is 2.77. The number of aliphatic hydroxyl groups excluding tert-OH is 1. The molecule has 0 aliphatic carbocycles. The number of aromatic nitrogens is 3. The molecular formula is C13H16ClN5O3. The van der Waals surface area contributed by atoms with Gasteiger partial charge < -0.3 is 20.1 Å². The highest BCUT2D eigenvalue weighted by Gasteiger charge is 2.19. The van der Waals surface area contributed by atoms with Crippen LogP contribution in [0.5, 0.6) is 0 Å². The molecule has 1 amide bonds. The second kappa shape index (κ2) is 6.47. The molecule has 0 radical (unpaired) electrons. The molecule has 118 valence electrons. The summed E-state index contributed by atoms with van der Waals surface area (Å²) in [7, 11) is 0. The number of carbonyl (C=O) groups excluding carboxylic acids is 1. The molecule has 3 heterocycles. The summed E-state index contributed by atoms with van der Waals surface area (Å²) in [4.78, 5) is 18.2. The molecule has 8 nitrogen and oxygen atoms in total. The summed E-state index contributed by atoms with van der Waals surface area (Å²) >= 11 is 6.07. The molecule has 0 bridgehead atoms. The molecule has 9 heteroatoms. The van der Waals surface area contributed by atoms with Crippen molar-refractivity contribution in [3.05, 3.63) is 23.0 Å². The number of carbonyl (C=O) groups is 1. The van der Waals surface area contributed by atoms with Crippen LogP contribution in [0.2, 0.25) is 5.15 Å². The van der Waals surface area contributed by atoms with Gasteiger partial charge in [-0.2, -0.15) is 9.61 Å². The number of nitrogens with zero attached hydrogens (tertiary/aromatic N) is 4. The van der Waals surface area contributed by atoms with Crippen molar-refractivity contribution < 1.29 is 14.6 Å². The van der Waals surface area contributed by atoms with Crippen LogP contribution in [0.15, 0.2) is 12.1 Å². The first-order valence-corrected chi connectivity index (χ1v) is 7.35. The molecular weight excluding hydrogens is 310 g/mol. The summed E-state index contributed by atoms with van der Waals surface area (Å²) in [6.07, 6.45) is 0. The average molecular weight is 326 g/mol. The Morgan fingerprint density at radius 1 is 1.41 bits per heavy atom. The third-order valence-electron chi connectivity index (χ3n) is 3.34. The van der Waals surface area contributed by atoms with Gasteiger partial charge in [0.25, 0.3) is 5.91 Å². The number of anilines is 1. The fourth-order valence-electron chi connectivity index (χ4n) is 2.32. The van der Waals surface area contributed by atoms with Crippen molar-refractivity contribution >= 4 is 29.0 Å². The molecule has 1 saturated heterocycles. The van der Waals surface area contributed by atoms with E-state index in [4.69, 9.17) is 21.4 Å². The van der Waals surface area contributed by atoms with Crippen LogP contribution in [0, 0.1) is 0 Å². The lowest BCUT2D eigenvalue weighted by Crippen LogP contribution is -2.37. The summed E-state index contributed by atoms with van der Waals surface area (Å²) in [5, 5.41) is 16.0. The quantitative estimate of drug-likeness (QED) is 0.765. The summed E-state index contributed by atoms with van der Waals surface area (Å²) in [5.41, 5.74) is 0.737. The minimum atomic E-state index is -0.358. The minimum absolute atomic E-state index is 0.123. The predicted octanol–water partition coefficient (Wildman–Crippen LogP) is -0.0586. The van der Waals surface area contributed by atoms with E-state index in [1.807, 2.05) is 0 Å². The van der Waals surface area contributed by atoms with E-state index in [2.05, 4.69) is 20.3 Å². The van der Waals surface area contributed by atoms with Crippen LogP contribution in [0.1, 0.15) is 10.5 Å². The van der Waals surface area contributed by atoms with Crippen molar-refractivity contribution in [2.24, 2.45) is 0 Å². The number of nitrogens with one attached hydrogen (secondary N) is 1. The Morgan fingerprint density at radius 2 is 2.18 bits per heavy atom. The van der Waals surface area contributed by atoms with Crippen LogP contribution in [-0.4, -0.2) is 65.1 Å². The van der Waals surface area contributed by atoms with Crippen LogP contribution in [0.3, 0.4) is 0 Å². The van der Waals surface area contributed by atoms with Gasteiger partial charge in [0.1, 0.15) is 11.0 Å². The third-order valence-corrected chi connectivity index (χ3v) is 3.54. The zero-order valence-electron chi connectivity index (χ0n) is 11.8. The molecule has 2 N–H and O–H groups in total. The highest BCUT2D eigenvalue weighted by Crippen LogP contribution is 2.21. The smallest absolute Gasteiger partial charge is 0.271 e. The van der Waals surface area contributed by atoms with Crippen molar-refractivity contribution in [2.75, 3.05) is 44.4 Å². The van der Waals surface area contributed by atoms with Crippen LogP contribution in [0.4, 0.5) is 5.82 Å². The third kappa shape index (κ3) is 2.99. The molecule has 3 rings (SSSR count). The van der Waals surface area contributed by atoms with Gasteiger partial charge in [0, 0.05) is 31.8 Å². The molecule has 0 saturated carbocycles. The molecule has 0 spiro atoms. The summed E-state index contributed by atoms with van der Waals surface area (Å²) < 4.78 is 6.95. The van der Waals surface area contributed by atoms with Crippen LogP contribution in [-0.2, 0) is 4.74 Å². The molecule has 0 aromatic carbocycles. The first-order chi connectivity index (χ1) is 10.7. The maximum absolute atomic E-state index is 12.0. The van der Waals surface area contributed by atoms with Crippen molar-refractivity contribution in [3.63, 3.8) is 0 Å². The summed E-state index contributed by atoms with van der Waals surface area (Å²) in [6, 6.07) is 3.30. The van der Waals surface area contributed by atoms with Crippen LogP contribution < -0.4 is 10.2 Å². The molecule has 1 aliphatic rings. The van der Waals surface area contributed by atoms with E-state index in [-0.39, 0.29) is 24.8 Å². The first-order valence-electron chi connectivity index (χ1n) is 6.97. The Labute approximate surface area is 131 Å². The highest BCUT2D eigenvalue weighted by molar-refractivity contribution is 6.29. The number of hydrogen-bond donors (Lipinski definition) is 2. The number of morpholine rings is 1. The lowest BCUT2D eigenvalue weighted by molar-refractivity contribution is 0.0939. The van der Waals surface area contributed by atoms with E-state index in [0.29, 0.717) is 24.0 Å². The molecule has 2 aromatic heterocycles. The molecule has 0 unspecified atom stereocenters. The van der Waals surface area contributed by atoms with Gasteiger partial charge in [-0.1, -0.05) is 11.6 Å². The topological polar surface area (TPSA) is 92.0 Å². The van der Waals surface area contributed by atoms with Crippen molar-refractivity contribution in [1.82, 2.24) is 19.9 Å². The Hall–Kier alpha value is -1.90. The van der Waals surface area contributed by atoms with Crippen LogP contribution >= 0.6 is 11.6 Å². The fourth-order valence-corrected chi connectivity index (χ4v) is 2.50. The fraction of sp³-hybridized carbons (Fsp3) is 0.462. The van der Waals surface area contributed by atoms with Gasteiger partial charge in [-0.3, -0.25) is 4.79 Å². The number of aliphatic hydroxyl groups is 1. The van der Waals surface area contributed by atoms with E-state index in [0.717, 1.165) is 18.9 Å². The Balaban J connectivity index is 1.97. The average Bonchev–Trinajstić information content (AvgIpc) is 2.96. The maximum atomic E-state index is 12.0. The Bertz CT molecular complexity index is 684. The van der Waals surface area contributed by atoms with Crippen molar-refractivity contribution in [2.45, 2.75) is 0 Å². The number of fused-ring (bicyclic) bond motifs is 1. The normalized spacial score (nSPS) is 15.3. The van der Waals surface area contributed by atoms with Gasteiger partial charge in [0.15, 0.2) is 11.3 Å². The first kappa shape index (κ1) is 15.0. The van der Waals surface area contributed by atoms with E-state index < -0.39 is 0 Å². The number of hydrogen-bond acceptors (Lipinski definition) is 6. The number of rotatable bonds is 4. The summed E-state index contributed by atoms with van der Waals surface area (Å²) in [5.74, 6) is 0.420. The van der Waals surface area contributed by atoms with E-state index >= 15 is 0 Å². The highest BCUT2D eigenvalue weighted by atomic mass is 35.5. The molecule has 1 fully saturated rings. The lowest BCUT2D eigenvalue weighted by atomic mass is 10.4. The number of halogens is 1. The Morgan fingerprint density at radius 3 is 2.91 bits per heavy atom. The second-order valence-electron chi connectivity index (χ2n) is 4.82. The van der Waals surface area contributed by atoms with Crippen LogP contribution in [0.25, 0.3) is 5.65 Å². The second-order valence-corrected chi connectivity index (χ2v) is 5.20. The van der Waals surface area contributed by atoms with E-state index in [1.165, 1.54) is 0 Å². The number of ether oxygens (including phenoxy) is 1. The van der Waals surface area contributed by atoms with Gasteiger partial charge in [-0.25, -0.2) is 4.98 Å². The van der Waals surface area contributed by atoms with Crippen molar-refractivity contribution in [3.8, 4) is 0 Å². The van der Waals surface area contributed by atoms with Crippen molar-refractivity contribution in [1.29, 1.82) is 0 Å². The predicted molar refractivity (Wildman–Crippen MR) is 80.4 cm³/mol. The van der Waals surface area contributed by atoms with Gasteiger partial charge in [-0.15, -0.1) is 0 Å². The largest absolute Gasteiger partial charge is 0.395 e. The molecule has 2 aromatic rings. The lowest BCUT2D eigenvalue weighted by Gasteiger charge is -2.28. The zero-order valence-corrected chi connectivity index (χ0v) is 12.6. The van der Waals surface area contributed by atoms with E-state index in [1.54, 1.807) is 16.6 Å². The maximum Gasteiger partial charge on any atom is 0.271 e.